The van der Waals surface area contributed by atoms with E-state index in [-0.39, 0.29) is 12.5 Å². The molecule has 1 atom stereocenters. The predicted octanol–water partition coefficient (Wildman–Crippen LogP) is 1.73. The van der Waals surface area contributed by atoms with Gasteiger partial charge in [-0.15, -0.1) is 0 Å². The number of carbonyl (C=O) groups excluding carboxylic acids is 1. The van der Waals surface area contributed by atoms with E-state index in [2.05, 4.69) is 17.2 Å². The van der Waals surface area contributed by atoms with Crippen LogP contribution in [0.1, 0.15) is 31.4 Å². The first-order chi connectivity index (χ1) is 8.63. The molecule has 0 saturated heterocycles. The predicted molar refractivity (Wildman–Crippen MR) is 67.6 cm³/mol. The summed E-state index contributed by atoms with van der Waals surface area (Å²) in [6.07, 6.45) is 0.343. The Hall–Kier alpha value is -2.28. The third kappa shape index (κ3) is 4.71. The molecule has 0 aliphatic heterocycles. The molecule has 0 aliphatic carbocycles. The Morgan fingerprint density at radius 1 is 1.33 bits per heavy atom. The molecule has 1 unspecified atom stereocenters. The van der Waals surface area contributed by atoms with Crippen molar-refractivity contribution in [3.05, 3.63) is 35.9 Å². The summed E-state index contributed by atoms with van der Waals surface area (Å²) >= 11 is 0. The number of hydrogen-bond donors (Lipinski definition) is 2. The van der Waals surface area contributed by atoms with Crippen molar-refractivity contribution in [3.8, 4) is 11.8 Å². The van der Waals surface area contributed by atoms with Crippen LogP contribution in [-0.4, -0.2) is 17.0 Å². The van der Waals surface area contributed by atoms with Crippen molar-refractivity contribution >= 4 is 11.9 Å². The Labute approximate surface area is 106 Å². The van der Waals surface area contributed by atoms with E-state index in [1.54, 1.807) is 6.92 Å². The molecule has 4 nitrogen and oxygen atoms in total. The van der Waals surface area contributed by atoms with Gasteiger partial charge in [0.05, 0.1) is 6.04 Å². The van der Waals surface area contributed by atoms with Crippen molar-refractivity contribution in [2.75, 3.05) is 0 Å². The summed E-state index contributed by atoms with van der Waals surface area (Å²) in [7, 11) is 0. The largest absolute Gasteiger partial charge is 0.481 e. The van der Waals surface area contributed by atoms with Gasteiger partial charge in [0, 0.05) is 6.42 Å². The number of carboxylic acid groups (broad SMARTS) is 1. The molecular weight excluding hydrogens is 230 g/mol. The lowest BCUT2D eigenvalue weighted by molar-refractivity contribution is -0.137. The lowest BCUT2D eigenvalue weighted by atomic mass is 10.0. The molecule has 1 aromatic rings. The summed E-state index contributed by atoms with van der Waals surface area (Å²) in [5, 5.41) is 11.4. The molecule has 0 bridgehead atoms. The fourth-order valence-electron chi connectivity index (χ4n) is 1.58. The minimum atomic E-state index is -0.883. The van der Waals surface area contributed by atoms with Gasteiger partial charge in [-0.2, -0.15) is 0 Å². The number of rotatable bonds is 5. The molecule has 0 radical (unpaired) electrons. The Bertz CT molecular complexity index is 471. The van der Waals surface area contributed by atoms with Crippen LogP contribution >= 0.6 is 0 Å². The fraction of sp³-hybridized carbons (Fsp3) is 0.286. The topological polar surface area (TPSA) is 66.4 Å². The number of hydrogen-bond acceptors (Lipinski definition) is 2. The van der Waals surface area contributed by atoms with Crippen LogP contribution in [0.2, 0.25) is 0 Å². The van der Waals surface area contributed by atoms with Crippen LogP contribution in [0.25, 0.3) is 0 Å². The highest BCUT2D eigenvalue weighted by Gasteiger charge is 2.14. The first-order valence-corrected chi connectivity index (χ1v) is 5.63. The number of benzene rings is 1. The molecule has 1 aromatic carbocycles. The van der Waals surface area contributed by atoms with Gasteiger partial charge in [-0.05, 0) is 24.8 Å². The summed E-state index contributed by atoms with van der Waals surface area (Å²) in [6, 6.07) is 8.95. The van der Waals surface area contributed by atoms with E-state index in [4.69, 9.17) is 5.11 Å². The standard InChI is InChI=1S/C14H15NO3/c1-2-6-13(16)15-12(9-10-14(17)18)11-7-4-3-5-8-11/h3-5,7-8,12H,9-10H2,1H3,(H,15,16)(H,17,18). The number of carboxylic acids is 1. The number of amides is 1. The molecule has 2 N–H and O–H groups in total. The minimum Gasteiger partial charge on any atom is -0.481 e. The van der Waals surface area contributed by atoms with Gasteiger partial charge < -0.3 is 10.4 Å². The van der Waals surface area contributed by atoms with Crippen LogP contribution < -0.4 is 5.32 Å². The van der Waals surface area contributed by atoms with E-state index >= 15 is 0 Å². The normalized spacial score (nSPS) is 10.9. The van der Waals surface area contributed by atoms with Gasteiger partial charge in [-0.1, -0.05) is 36.3 Å². The van der Waals surface area contributed by atoms with E-state index in [9.17, 15) is 9.59 Å². The van der Waals surface area contributed by atoms with Gasteiger partial charge >= 0.3 is 5.97 Å². The van der Waals surface area contributed by atoms with Gasteiger partial charge in [-0.25, -0.2) is 0 Å². The lowest BCUT2D eigenvalue weighted by Gasteiger charge is -2.16. The van der Waals surface area contributed by atoms with Crippen molar-refractivity contribution < 1.29 is 14.7 Å². The maximum absolute atomic E-state index is 11.4. The first-order valence-electron chi connectivity index (χ1n) is 5.63. The summed E-state index contributed by atoms with van der Waals surface area (Å²) in [5.41, 5.74) is 0.880. The van der Waals surface area contributed by atoms with Crippen molar-refractivity contribution in [1.82, 2.24) is 5.32 Å². The average Bonchev–Trinajstić information content (AvgIpc) is 2.35. The molecule has 0 fully saturated rings. The highest BCUT2D eigenvalue weighted by atomic mass is 16.4. The van der Waals surface area contributed by atoms with Gasteiger partial charge in [0.15, 0.2) is 0 Å². The molecule has 94 valence electrons. The third-order valence-electron chi connectivity index (χ3n) is 2.39. The van der Waals surface area contributed by atoms with E-state index in [0.29, 0.717) is 6.42 Å². The quantitative estimate of drug-likeness (QED) is 0.776. The van der Waals surface area contributed by atoms with Crippen molar-refractivity contribution in [2.24, 2.45) is 0 Å². The van der Waals surface area contributed by atoms with Crippen LogP contribution in [0.5, 0.6) is 0 Å². The van der Waals surface area contributed by atoms with Crippen molar-refractivity contribution in [2.45, 2.75) is 25.8 Å². The first kappa shape index (κ1) is 13.8. The SMILES string of the molecule is CC#CC(=O)NC(CCC(=O)O)c1ccccc1. The number of carbonyl (C=O) groups is 2. The van der Waals surface area contributed by atoms with E-state index in [1.165, 1.54) is 0 Å². The monoisotopic (exact) mass is 245 g/mol. The molecule has 18 heavy (non-hydrogen) atoms. The summed E-state index contributed by atoms with van der Waals surface area (Å²) in [6.45, 7) is 1.58. The summed E-state index contributed by atoms with van der Waals surface area (Å²) < 4.78 is 0. The van der Waals surface area contributed by atoms with Crippen LogP contribution in [0.15, 0.2) is 30.3 Å². The Morgan fingerprint density at radius 2 is 2.00 bits per heavy atom. The zero-order valence-electron chi connectivity index (χ0n) is 10.1. The lowest BCUT2D eigenvalue weighted by Crippen LogP contribution is -2.27. The number of aliphatic carboxylic acids is 1. The van der Waals surface area contributed by atoms with Crippen LogP contribution in [-0.2, 0) is 9.59 Å². The van der Waals surface area contributed by atoms with Crippen molar-refractivity contribution in [1.29, 1.82) is 0 Å². The van der Waals surface area contributed by atoms with E-state index in [0.717, 1.165) is 5.56 Å². The minimum absolute atomic E-state index is 0.000601. The molecule has 0 spiro atoms. The Morgan fingerprint density at radius 3 is 2.56 bits per heavy atom. The van der Waals surface area contributed by atoms with Gasteiger partial charge in [0.2, 0.25) is 0 Å². The van der Waals surface area contributed by atoms with Gasteiger partial charge in [0.1, 0.15) is 0 Å². The molecule has 0 saturated carbocycles. The van der Waals surface area contributed by atoms with Crippen LogP contribution in [0.4, 0.5) is 0 Å². The smallest absolute Gasteiger partial charge is 0.303 e. The molecule has 4 heteroatoms. The van der Waals surface area contributed by atoms with Gasteiger partial charge in [-0.3, -0.25) is 9.59 Å². The molecule has 0 heterocycles. The zero-order valence-corrected chi connectivity index (χ0v) is 10.1. The molecule has 1 rings (SSSR count). The second-order valence-corrected chi connectivity index (χ2v) is 3.74. The summed E-state index contributed by atoms with van der Waals surface area (Å²) in [4.78, 5) is 22.0. The number of nitrogens with one attached hydrogen (secondary N) is 1. The summed E-state index contributed by atoms with van der Waals surface area (Å²) in [5.74, 6) is 3.62. The molecule has 0 aliphatic rings. The fourth-order valence-corrected chi connectivity index (χ4v) is 1.58. The second kappa shape index (κ2) is 7.13. The molecule has 0 aromatic heterocycles. The highest BCUT2D eigenvalue weighted by molar-refractivity contribution is 5.93. The average molecular weight is 245 g/mol. The maximum atomic E-state index is 11.4. The van der Waals surface area contributed by atoms with Crippen LogP contribution in [0, 0.1) is 11.8 Å². The second-order valence-electron chi connectivity index (χ2n) is 3.74. The maximum Gasteiger partial charge on any atom is 0.303 e. The Kier molecular flexibility index (Phi) is 5.46. The third-order valence-corrected chi connectivity index (χ3v) is 2.39. The van der Waals surface area contributed by atoms with Gasteiger partial charge in [0.25, 0.3) is 5.91 Å². The molecular formula is C14H15NO3. The highest BCUT2D eigenvalue weighted by Crippen LogP contribution is 2.18. The van der Waals surface area contributed by atoms with E-state index < -0.39 is 11.9 Å². The Balaban J connectivity index is 2.77. The van der Waals surface area contributed by atoms with Crippen LogP contribution in [0.3, 0.4) is 0 Å². The molecule has 1 amide bonds. The van der Waals surface area contributed by atoms with E-state index in [1.807, 2.05) is 30.3 Å². The zero-order chi connectivity index (χ0) is 13.4. The van der Waals surface area contributed by atoms with Crippen molar-refractivity contribution in [3.63, 3.8) is 0 Å².